The molecule has 0 aliphatic carbocycles. The summed E-state index contributed by atoms with van der Waals surface area (Å²) in [4.78, 5) is 3.44. The number of hydrogen-bond acceptors (Lipinski definition) is 2. The number of hydrogen-bond donors (Lipinski definition) is 1. The topological polar surface area (TPSA) is 15.3 Å². The molecular formula is C13H22N2S. The molecule has 0 atom stereocenters. The van der Waals surface area contributed by atoms with Crippen molar-refractivity contribution in [2.24, 2.45) is 0 Å². The van der Waals surface area contributed by atoms with Crippen molar-refractivity contribution in [3.05, 3.63) is 11.8 Å². The summed E-state index contributed by atoms with van der Waals surface area (Å²) in [5.41, 5.74) is 1.56. The van der Waals surface area contributed by atoms with E-state index in [9.17, 15) is 0 Å². The van der Waals surface area contributed by atoms with E-state index in [0.29, 0.717) is 0 Å². The highest BCUT2D eigenvalue weighted by molar-refractivity contribution is 7.80. The molecule has 0 aromatic carbocycles. The first-order chi connectivity index (χ1) is 7.57. The predicted molar refractivity (Wildman–Crippen MR) is 72.6 cm³/mol. The Hall–Kier alpha value is -0.570. The molecule has 1 saturated heterocycles. The second kappa shape index (κ2) is 4.74. The molecule has 1 fully saturated rings. The van der Waals surface area contributed by atoms with Gasteiger partial charge in [0.2, 0.25) is 0 Å². The average molecular weight is 238 g/mol. The zero-order valence-corrected chi connectivity index (χ0v) is 11.2. The van der Waals surface area contributed by atoms with E-state index in [2.05, 4.69) is 30.1 Å². The summed E-state index contributed by atoms with van der Waals surface area (Å²) in [6, 6.07) is 0. The van der Waals surface area contributed by atoms with Gasteiger partial charge < -0.3 is 10.2 Å². The van der Waals surface area contributed by atoms with E-state index in [-0.39, 0.29) is 5.54 Å². The van der Waals surface area contributed by atoms with Crippen LogP contribution in [0.5, 0.6) is 0 Å². The summed E-state index contributed by atoms with van der Waals surface area (Å²) in [5.74, 6) is 0. The summed E-state index contributed by atoms with van der Waals surface area (Å²) in [7, 11) is 0. The minimum absolute atomic E-state index is 0.119. The number of likely N-dealkylation sites (tertiary alicyclic amines) is 1. The molecule has 16 heavy (non-hydrogen) atoms. The maximum Gasteiger partial charge on any atom is 0.101 e. The lowest BCUT2D eigenvalue weighted by molar-refractivity contribution is 0.308. The molecule has 0 aromatic heterocycles. The number of thiocarbonyl (C=S) groups is 1. The molecule has 0 aromatic rings. The highest BCUT2D eigenvalue weighted by Gasteiger charge is 2.27. The molecule has 2 aliphatic rings. The van der Waals surface area contributed by atoms with E-state index in [1.165, 1.54) is 44.5 Å². The second-order valence-electron chi connectivity index (χ2n) is 5.59. The van der Waals surface area contributed by atoms with Crippen LogP contribution in [0.2, 0.25) is 0 Å². The van der Waals surface area contributed by atoms with Gasteiger partial charge in [0.1, 0.15) is 4.99 Å². The van der Waals surface area contributed by atoms with Gasteiger partial charge in [0, 0.05) is 30.7 Å². The maximum atomic E-state index is 5.32. The van der Waals surface area contributed by atoms with Crippen LogP contribution >= 0.6 is 12.2 Å². The minimum Gasteiger partial charge on any atom is -0.375 e. The smallest absolute Gasteiger partial charge is 0.101 e. The lowest BCUT2D eigenvalue weighted by Gasteiger charge is -2.37. The van der Waals surface area contributed by atoms with Crippen molar-refractivity contribution in [3.63, 3.8) is 0 Å². The van der Waals surface area contributed by atoms with E-state index < -0.39 is 0 Å². The molecular weight excluding hydrogens is 216 g/mol. The third-order valence-electron chi connectivity index (χ3n) is 3.39. The highest BCUT2D eigenvalue weighted by atomic mass is 32.1. The highest BCUT2D eigenvalue weighted by Crippen LogP contribution is 2.25. The fourth-order valence-electron chi connectivity index (χ4n) is 2.63. The third kappa shape index (κ3) is 2.97. The fourth-order valence-corrected chi connectivity index (χ4v) is 3.04. The lowest BCUT2D eigenvalue weighted by Crippen LogP contribution is -2.47. The Morgan fingerprint density at radius 1 is 1.19 bits per heavy atom. The molecule has 2 nitrogen and oxygen atoms in total. The number of rotatable bonds is 1. The summed E-state index contributed by atoms with van der Waals surface area (Å²) < 4.78 is 0. The maximum absolute atomic E-state index is 5.32. The molecule has 0 saturated carbocycles. The van der Waals surface area contributed by atoms with Crippen molar-refractivity contribution >= 4 is 17.2 Å². The normalized spacial score (nSPS) is 25.8. The van der Waals surface area contributed by atoms with Gasteiger partial charge >= 0.3 is 0 Å². The molecule has 0 amide bonds. The van der Waals surface area contributed by atoms with Crippen LogP contribution in [0.15, 0.2) is 11.8 Å². The third-order valence-corrected chi connectivity index (χ3v) is 3.61. The van der Waals surface area contributed by atoms with Gasteiger partial charge in [-0.15, -0.1) is 0 Å². The quantitative estimate of drug-likeness (QED) is 0.707. The molecule has 2 aliphatic heterocycles. The number of nitrogens with zero attached hydrogens (tertiary/aromatic N) is 1. The average Bonchev–Trinajstić information content (AvgIpc) is 2.42. The van der Waals surface area contributed by atoms with Crippen LogP contribution in [0.4, 0.5) is 0 Å². The monoisotopic (exact) mass is 238 g/mol. The Balaban J connectivity index is 2.09. The standard InChI is InChI=1S/C13H22N2S/c1-13(2)10-11(9-12(16)14-13)15-7-5-3-4-6-8-15/h9H,3-8,10H2,1-2H3,(H,14,16). The van der Waals surface area contributed by atoms with Gasteiger partial charge in [-0.05, 0) is 32.8 Å². The van der Waals surface area contributed by atoms with Crippen molar-refractivity contribution in [1.82, 2.24) is 10.2 Å². The van der Waals surface area contributed by atoms with E-state index in [1.807, 2.05) is 0 Å². The first-order valence-electron chi connectivity index (χ1n) is 6.34. The first-order valence-corrected chi connectivity index (χ1v) is 6.75. The van der Waals surface area contributed by atoms with E-state index in [0.717, 1.165) is 11.4 Å². The molecule has 1 N–H and O–H groups in total. The van der Waals surface area contributed by atoms with Gasteiger partial charge in [-0.1, -0.05) is 25.1 Å². The lowest BCUT2D eigenvalue weighted by atomic mass is 9.94. The minimum atomic E-state index is 0.119. The summed E-state index contributed by atoms with van der Waals surface area (Å²) >= 11 is 5.32. The Bertz CT molecular complexity index is 299. The van der Waals surface area contributed by atoms with Gasteiger partial charge in [0.05, 0.1) is 0 Å². The van der Waals surface area contributed by atoms with Crippen molar-refractivity contribution in [2.75, 3.05) is 13.1 Å². The largest absolute Gasteiger partial charge is 0.375 e. The van der Waals surface area contributed by atoms with Gasteiger partial charge in [-0.2, -0.15) is 0 Å². The van der Waals surface area contributed by atoms with Crippen molar-refractivity contribution in [3.8, 4) is 0 Å². The molecule has 0 radical (unpaired) electrons. The van der Waals surface area contributed by atoms with Crippen LogP contribution in [-0.4, -0.2) is 28.5 Å². The van der Waals surface area contributed by atoms with E-state index >= 15 is 0 Å². The SMILES string of the molecule is CC1(C)CC(N2CCCCCC2)=CC(=S)N1. The predicted octanol–water partition coefficient (Wildman–Crippen LogP) is 2.85. The molecule has 0 bridgehead atoms. The van der Waals surface area contributed by atoms with Gasteiger partial charge in [0.25, 0.3) is 0 Å². The Morgan fingerprint density at radius 2 is 1.81 bits per heavy atom. The summed E-state index contributed by atoms with van der Waals surface area (Å²) in [5, 5.41) is 3.37. The van der Waals surface area contributed by atoms with E-state index in [4.69, 9.17) is 12.2 Å². The van der Waals surface area contributed by atoms with Crippen molar-refractivity contribution in [1.29, 1.82) is 0 Å². The molecule has 90 valence electrons. The Morgan fingerprint density at radius 3 is 2.38 bits per heavy atom. The Labute approximate surface area is 104 Å². The molecule has 2 rings (SSSR count). The van der Waals surface area contributed by atoms with Crippen LogP contribution < -0.4 is 5.32 Å². The zero-order chi connectivity index (χ0) is 11.6. The Kier molecular flexibility index (Phi) is 3.53. The second-order valence-corrected chi connectivity index (χ2v) is 6.03. The van der Waals surface area contributed by atoms with Crippen LogP contribution in [0, 0.1) is 0 Å². The zero-order valence-electron chi connectivity index (χ0n) is 10.4. The van der Waals surface area contributed by atoms with Gasteiger partial charge in [-0.25, -0.2) is 0 Å². The van der Waals surface area contributed by atoms with Crippen molar-refractivity contribution in [2.45, 2.75) is 51.5 Å². The van der Waals surface area contributed by atoms with Crippen LogP contribution in [0.1, 0.15) is 46.0 Å². The molecule has 3 heteroatoms. The van der Waals surface area contributed by atoms with Crippen LogP contribution in [0.25, 0.3) is 0 Å². The van der Waals surface area contributed by atoms with E-state index in [1.54, 1.807) is 0 Å². The van der Waals surface area contributed by atoms with Crippen LogP contribution in [0.3, 0.4) is 0 Å². The van der Waals surface area contributed by atoms with Gasteiger partial charge in [-0.3, -0.25) is 0 Å². The molecule has 2 heterocycles. The first kappa shape index (κ1) is 11.9. The van der Waals surface area contributed by atoms with Gasteiger partial charge in [0.15, 0.2) is 0 Å². The summed E-state index contributed by atoms with van der Waals surface area (Å²) in [6.45, 7) is 6.88. The molecule has 0 spiro atoms. The molecule has 0 unspecified atom stereocenters. The summed E-state index contributed by atoms with van der Waals surface area (Å²) in [6.07, 6.45) is 8.68. The van der Waals surface area contributed by atoms with Crippen molar-refractivity contribution < 1.29 is 0 Å². The number of nitrogens with one attached hydrogen (secondary N) is 1. The fraction of sp³-hybridized carbons (Fsp3) is 0.769. The van der Waals surface area contributed by atoms with Crippen LogP contribution in [-0.2, 0) is 0 Å².